The molecule has 0 unspecified atom stereocenters. The summed E-state index contributed by atoms with van der Waals surface area (Å²) in [5.41, 5.74) is 5.39. The largest absolute Gasteiger partial charge is 0.360 e. The molecule has 2 N–H and O–H groups in total. The van der Waals surface area contributed by atoms with Gasteiger partial charge in [-0.1, -0.05) is 5.16 Å². The molecule has 0 fully saturated rings. The van der Waals surface area contributed by atoms with Crippen LogP contribution in [0, 0.1) is 0 Å². The summed E-state index contributed by atoms with van der Waals surface area (Å²) in [6.45, 7) is 2.54. The molecule has 0 aliphatic rings. The van der Waals surface area contributed by atoms with E-state index in [1.54, 1.807) is 6.20 Å². The van der Waals surface area contributed by atoms with Crippen LogP contribution in [0.5, 0.6) is 0 Å². The minimum Gasteiger partial charge on any atom is -0.360 e. The maximum atomic E-state index is 5.39. The summed E-state index contributed by atoms with van der Waals surface area (Å²) in [4.78, 5) is 2.16. The first-order valence-corrected chi connectivity index (χ1v) is 4.11. The van der Waals surface area contributed by atoms with Gasteiger partial charge in [0.2, 0.25) is 0 Å². The zero-order valence-electron chi connectivity index (χ0n) is 7.36. The van der Waals surface area contributed by atoms with Crippen molar-refractivity contribution in [2.24, 2.45) is 5.73 Å². The normalized spacial score (nSPS) is 10.9. The average molecular weight is 169 g/mol. The molecule has 1 aromatic rings. The molecule has 68 valence electrons. The van der Waals surface area contributed by atoms with Gasteiger partial charge in [-0.05, 0) is 26.6 Å². The molecule has 0 atom stereocenters. The van der Waals surface area contributed by atoms with Gasteiger partial charge in [0.25, 0.3) is 0 Å². The van der Waals surface area contributed by atoms with E-state index in [1.165, 1.54) is 0 Å². The van der Waals surface area contributed by atoms with Crippen molar-refractivity contribution < 1.29 is 4.52 Å². The molecule has 0 bridgehead atoms. The molecule has 1 rings (SSSR count). The minimum absolute atomic E-state index is 0.737. The molecule has 0 spiro atoms. The third-order valence-electron chi connectivity index (χ3n) is 1.66. The number of nitrogens with zero attached hydrogens (tertiary/aromatic N) is 2. The molecule has 0 saturated heterocycles. The molecule has 4 heteroatoms. The summed E-state index contributed by atoms with van der Waals surface area (Å²) in [5.74, 6) is 0.898. The zero-order chi connectivity index (χ0) is 8.81. The Balaban J connectivity index is 2.22. The highest BCUT2D eigenvalue weighted by Crippen LogP contribution is 2.00. The number of hydrogen-bond acceptors (Lipinski definition) is 4. The molecule has 1 heterocycles. The molecule has 0 aliphatic heterocycles. The van der Waals surface area contributed by atoms with Crippen LogP contribution >= 0.6 is 0 Å². The Kier molecular flexibility index (Phi) is 3.76. The summed E-state index contributed by atoms with van der Waals surface area (Å²) < 4.78 is 4.96. The van der Waals surface area contributed by atoms with Gasteiger partial charge in [-0.25, -0.2) is 0 Å². The fraction of sp³-hybridized carbons (Fsp3) is 0.625. The van der Waals surface area contributed by atoms with Gasteiger partial charge >= 0.3 is 0 Å². The molecule has 0 amide bonds. The summed E-state index contributed by atoms with van der Waals surface area (Å²) in [5, 5.41) is 3.63. The van der Waals surface area contributed by atoms with Gasteiger partial charge in [0.1, 0.15) is 0 Å². The number of rotatable bonds is 5. The smallest absolute Gasteiger partial charge is 0.150 e. The van der Waals surface area contributed by atoms with Crippen molar-refractivity contribution in [3.05, 3.63) is 18.0 Å². The van der Waals surface area contributed by atoms with E-state index in [0.29, 0.717) is 0 Å². The third kappa shape index (κ3) is 3.02. The molecule has 0 saturated carbocycles. The Morgan fingerprint density at radius 2 is 2.50 bits per heavy atom. The van der Waals surface area contributed by atoms with Crippen LogP contribution in [0.3, 0.4) is 0 Å². The topological polar surface area (TPSA) is 55.3 Å². The van der Waals surface area contributed by atoms with Gasteiger partial charge in [0.05, 0.1) is 12.7 Å². The fourth-order valence-electron chi connectivity index (χ4n) is 1.03. The van der Waals surface area contributed by atoms with Crippen LogP contribution in [0.15, 0.2) is 16.8 Å². The predicted molar refractivity (Wildman–Crippen MR) is 46.5 cm³/mol. The summed E-state index contributed by atoms with van der Waals surface area (Å²) in [7, 11) is 2.04. The lowest BCUT2D eigenvalue weighted by molar-refractivity contribution is 0.271. The van der Waals surface area contributed by atoms with Gasteiger partial charge in [-0.2, -0.15) is 0 Å². The van der Waals surface area contributed by atoms with E-state index in [4.69, 9.17) is 10.3 Å². The Labute approximate surface area is 72.3 Å². The molecular weight excluding hydrogens is 154 g/mol. The van der Waals surface area contributed by atoms with Gasteiger partial charge < -0.3 is 10.3 Å². The second-order valence-corrected chi connectivity index (χ2v) is 2.86. The van der Waals surface area contributed by atoms with Crippen LogP contribution < -0.4 is 5.73 Å². The first-order valence-electron chi connectivity index (χ1n) is 4.11. The fourth-order valence-corrected chi connectivity index (χ4v) is 1.03. The zero-order valence-corrected chi connectivity index (χ0v) is 7.36. The maximum Gasteiger partial charge on any atom is 0.150 e. The van der Waals surface area contributed by atoms with E-state index in [1.807, 2.05) is 13.1 Å². The van der Waals surface area contributed by atoms with Crippen molar-refractivity contribution in [1.82, 2.24) is 10.1 Å². The second-order valence-electron chi connectivity index (χ2n) is 2.86. The molecule has 1 aromatic heterocycles. The quantitative estimate of drug-likeness (QED) is 0.695. The molecule has 4 nitrogen and oxygen atoms in total. The first kappa shape index (κ1) is 9.22. The Morgan fingerprint density at radius 3 is 3.08 bits per heavy atom. The number of nitrogens with two attached hydrogens (primary N) is 1. The van der Waals surface area contributed by atoms with Crippen molar-refractivity contribution in [1.29, 1.82) is 0 Å². The molecule has 0 aromatic carbocycles. The van der Waals surface area contributed by atoms with Crippen LogP contribution in [0.4, 0.5) is 0 Å². The van der Waals surface area contributed by atoms with Crippen molar-refractivity contribution in [3.8, 4) is 0 Å². The van der Waals surface area contributed by atoms with Crippen molar-refractivity contribution in [2.75, 3.05) is 20.1 Å². The molecule has 12 heavy (non-hydrogen) atoms. The van der Waals surface area contributed by atoms with Gasteiger partial charge in [0, 0.05) is 6.07 Å². The van der Waals surface area contributed by atoms with E-state index in [-0.39, 0.29) is 0 Å². The Hall–Kier alpha value is -0.870. The molecular formula is C8H15N3O. The monoisotopic (exact) mass is 169 g/mol. The molecule has 0 radical (unpaired) electrons. The highest BCUT2D eigenvalue weighted by atomic mass is 16.5. The Bertz CT molecular complexity index is 198. The van der Waals surface area contributed by atoms with Crippen molar-refractivity contribution >= 4 is 0 Å². The van der Waals surface area contributed by atoms with Crippen molar-refractivity contribution in [2.45, 2.75) is 13.0 Å². The lowest BCUT2D eigenvalue weighted by Gasteiger charge is -2.13. The van der Waals surface area contributed by atoms with E-state index in [9.17, 15) is 0 Å². The first-order chi connectivity index (χ1) is 5.83. The summed E-state index contributed by atoms with van der Waals surface area (Å²) in [6.07, 6.45) is 2.68. The molecule has 0 aliphatic carbocycles. The van der Waals surface area contributed by atoms with Gasteiger partial charge in [-0.3, -0.25) is 4.90 Å². The number of aromatic nitrogens is 1. The minimum atomic E-state index is 0.737. The highest BCUT2D eigenvalue weighted by molar-refractivity contribution is 4.91. The van der Waals surface area contributed by atoms with E-state index >= 15 is 0 Å². The van der Waals surface area contributed by atoms with Crippen LogP contribution in [0.1, 0.15) is 12.2 Å². The Morgan fingerprint density at radius 1 is 1.67 bits per heavy atom. The summed E-state index contributed by atoms with van der Waals surface area (Å²) >= 11 is 0. The number of hydrogen-bond donors (Lipinski definition) is 1. The van der Waals surface area contributed by atoms with Crippen LogP contribution in [0.2, 0.25) is 0 Å². The van der Waals surface area contributed by atoms with Crippen LogP contribution in [0.25, 0.3) is 0 Å². The van der Waals surface area contributed by atoms with E-state index in [2.05, 4.69) is 10.1 Å². The van der Waals surface area contributed by atoms with E-state index < -0.39 is 0 Å². The standard InChI is InChI=1S/C8H15N3O/c1-11(6-2-4-9)7-8-3-5-10-12-8/h3,5H,2,4,6-7,9H2,1H3. The van der Waals surface area contributed by atoms with Crippen LogP contribution in [-0.4, -0.2) is 30.2 Å². The van der Waals surface area contributed by atoms with Crippen LogP contribution in [-0.2, 0) is 6.54 Å². The van der Waals surface area contributed by atoms with Crippen molar-refractivity contribution in [3.63, 3.8) is 0 Å². The SMILES string of the molecule is CN(CCCN)Cc1ccno1. The lowest BCUT2D eigenvalue weighted by atomic mass is 10.3. The lowest BCUT2D eigenvalue weighted by Crippen LogP contribution is -2.20. The predicted octanol–water partition coefficient (Wildman–Crippen LogP) is 0.455. The van der Waals surface area contributed by atoms with Gasteiger partial charge in [0.15, 0.2) is 5.76 Å². The highest BCUT2D eigenvalue weighted by Gasteiger charge is 2.01. The summed E-state index contributed by atoms with van der Waals surface area (Å²) in [6, 6.07) is 1.87. The van der Waals surface area contributed by atoms with Gasteiger partial charge in [-0.15, -0.1) is 0 Å². The third-order valence-corrected chi connectivity index (χ3v) is 1.66. The second kappa shape index (κ2) is 4.90. The maximum absolute atomic E-state index is 5.39. The average Bonchev–Trinajstić information content (AvgIpc) is 2.53. The van der Waals surface area contributed by atoms with E-state index in [0.717, 1.165) is 31.8 Å².